The molecule has 0 bridgehead atoms. The number of anilines is 1. The molecule has 6 nitrogen and oxygen atoms in total. The molecule has 2 aromatic carbocycles. The standard InChI is InChI=1S/C16H10BrF2N3O3/c17-7-1-3-9-12(5-7)22(16(20)25)15(24)13(9)14(23)21-11-4-2-8(18)6-10(11)19/h1-6,24H,(H2,20,25)(H,21,23). The molecule has 4 N–H and O–H groups in total. The fourth-order valence-corrected chi connectivity index (χ4v) is 2.82. The summed E-state index contributed by atoms with van der Waals surface area (Å²) in [6.45, 7) is 0. The Balaban J connectivity index is 2.13. The molecule has 9 heteroatoms. The number of halogens is 3. The van der Waals surface area contributed by atoms with Gasteiger partial charge in [-0.15, -0.1) is 0 Å². The van der Waals surface area contributed by atoms with Crippen LogP contribution in [0.25, 0.3) is 10.9 Å². The highest BCUT2D eigenvalue weighted by molar-refractivity contribution is 9.10. The normalized spacial score (nSPS) is 10.8. The smallest absolute Gasteiger partial charge is 0.326 e. The van der Waals surface area contributed by atoms with Gasteiger partial charge < -0.3 is 16.2 Å². The van der Waals surface area contributed by atoms with E-state index in [0.717, 1.165) is 16.7 Å². The summed E-state index contributed by atoms with van der Waals surface area (Å²) in [6, 6.07) is 6.23. The highest BCUT2D eigenvalue weighted by Gasteiger charge is 2.25. The Bertz CT molecular complexity index is 1030. The van der Waals surface area contributed by atoms with Crippen molar-refractivity contribution >= 4 is 44.5 Å². The zero-order valence-corrected chi connectivity index (χ0v) is 14.0. The molecule has 0 spiro atoms. The van der Waals surface area contributed by atoms with Gasteiger partial charge in [-0.1, -0.05) is 22.0 Å². The molecule has 3 aromatic rings. The van der Waals surface area contributed by atoms with Gasteiger partial charge in [0.2, 0.25) is 5.88 Å². The summed E-state index contributed by atoms with van der Waals surface area (Å²) in [5.41, 5.74) is 4.92. The Morgan fingerprint density at radius 1 is 1.16 bits per heavy atom. The lowest BCUT2D eigenvalue weighted by Gasteiger charge is -2.06. The SMILES string of the molecule is NC(=O)n1c(O)c(C(=O)Nc2ccc(F)cc2F)c2ccc(Br)cc21. The first-order chi connectivity index (χ1) is 11.8. The van der Waals surface area contributed by atoms with Gasteiger partial charge in [-0.3, -0.25) is 4.79 Å². The summed E-state index contributed by atoms with van der Waals surface area (Å²) in [5.74, 6) is -3.33. The number of primary amides is 1. The number of amides is 2. The molecule has 3 rings (SSSR count). The second kappa shape index (κ2) is 6.17. The summed E-state index contributed by atoms with van der Waals surface area (Å²) in [6.07, 6.45) is 0. The van der Waals surface area contributed by atoms with Crippen molar-refractivity contribution in [3.8, 4) is 5.88 Å². The van der Waals surface area contributed by atoms with Crippen molar-refractivity contribution in [1.29, 1.82) is 0 Å². The van der Waals surface area contributed by atoms with Crippen LogP contribution in [-0.4, -0.2) is 21.6 Å². The monoisotopic (exact) mass is 409 g/mol. The first kappa shape index (κ1) is 16.9. The minimum absolute atomic E-state index is 0.198. The predicted molar refractivity (Wildman–Crippen MR) is 90.6 cm³/mol. The molecule has 2 amide bonds. The van der Waals surface area contributed by atoms with Gasteiger partial charge >= 0.3 is 6.03 Å². The van der Waals surface area contributed by atoms with Crippen molar-refractivity contribution in [2.24, 2.45) is 5.73 Å². The fourth-order valence-electron chi connectivity index (χ4n) is 2.47. The topological polar surface area (TPSA) is 97.3 Å². The summed E-state index contributed by atoms with van der Waals surface area (Å²) < 4.78 is 28.0. The fraction of sp³-hybridized carbons (Fsp3) is 0. The molecule has 0 unspecified atom stereocenters. The lowest BCUT2D eigenvalue weighted by atomic mass is 10.1. The van der Waals surface area contributed by atoms with Crippen LogP contribution in [0, 0.1) is 11.6 Å². The number of nitrogens with one attached hydrogen (secondary N) is 1. The van der Waals surface area contributed by atoms with E-state index in [9.17, 15) is 23.5 Å². The van der Waals surface area contributed by atoms with E-state index >= 15 is 0 Å². The Hall–Kier alpha value is -2.94. The number of hydrogen-bond acceptors (Lipinski definition) is 3. The van der Waals surface area contributed by atoms with Gasteiger partial charge in [-0.25, -0.2) is 18.1 Å². The Morgan fingerprint density at radius 2 is 1.88 bits per heavy atom. The van der Waals surface area contributed by atoms with E-state index in [-0.39, 0.29) is 22.2 Å². The molecular weight excluding hydrogens is 400 g/mol. The van der Waals surface area contributed by atoms with Crippen LogP contribution in [0.1, 0.15) is 10.4 Å². The van der Waals surface area contributed by atoms with E-state index in [4.69, 9.17) is 5.73 Å². The van der Waals surface area contributed by atoms with Crippen LogP contribution >= 0.6 is 15.9 Å². The van der Waals surface area contributed by atoms with E-state index < -0.39 is 29.5 Å². The maximum Gasteiger partial charge on any atom is 0.326 e. The molecular formula is C16H10BrF2N3O3. The van der Waals surface area contributed by atoms with Gasteiger partial charge in [0, 0.05) is 15.9 Å². The Labute approximate surface area is 148 Å². The largest absolute Gasteiger partial charge is 0.494 e. The zero-order valence-electron chi connectivity index (χ0n) is 12.4. The van der Waals surface area contributed by atoms with Crippen LogP contribution in [0.4, 0.5) is 19.3 Å². The first-order valence-electron chi connectivity index (χ1n) is 6.88. The summed E-state index contributed by atoms with van der Waals surface area (Å²) in [4.78, 5) is 24.1. The number of hydrogen-bond donors (Lipinski definition) is 3. The van der Waals surface area contributed by atoms with E-state index in [2.05, 4.69) is 21.2 Å². The highest BCUT2D eigenvalue weighted by atomic mass is 79.9. The molecule has 0 aliphatic rings. The molecule has 1 heterocycles. The Kier molecular flexibility index (Phi) is 4.17. The van der Waals surface area contributed by atoms with Gasteiger partial charge in [0.05, 0.1) is 11.2 Å². The highest BCUT2D eigenvalue weighted by Crippen LogP contribution is 2.33. The van der Waals surface area contributed by atoms with Crippen LogP contribution in [-0.2, 0) is 0 Å². The third-order valence-electron chi connectivity index (χ3n) is 3.53. The predicted octanol–water partition coefficient (Wildman–Crippen LogP) is 3.57. The minimum atomic E-state index is -0.993. The zero-order chi connectivity index (χ0) is 18.3. The number of carbonyl (C=O) groups is 2. The second-order valence-electron chi connectivity index (χ2n) is 5.11. The van der Waals surface area contributed by atoms with Gasteiger partial charge in [-0.05, 0) is 24.3 Å². The molecule has 128 valence electrons. The molecule has 1 aromatic heterocycles. The Morgan fingerprint density at radius 3 is 2.52 bits per heavy atom. The van der Waals surface area contributed by atoms with E-state index in [1.165, 1.54) is 12.1 Å². The second-order valence-corrected chi connectivity index (χ2v) is 6.03. The molecule has 0 aliphatic heterocycles. The van der Waals surface area contributed by atoms with E-state index in [0.29, 0.717) is 10.5 Å². The maximum absolute atomic E-state index is 13.7. The number of aromatic nitrogens is 1. The molecule has 0 atom stereocenters. The summed E-state index contributed by atoms with van der Waals surface area (Å²) >= 11 is 3.22. The van der Waals surface area contributed by atoms with Crippen LogP contribution in [0.2, 0.25) is 0 Å². The van der Waals surface area contributed by atoms with Crippen molar-refractivity contribution < 1.29 is 23.5 Å². The van der Waals surface area contributed by atoms with Crippen LogP contribution < -0.4 is 11.1 Å². The van der Waals surface area contributed by atoms with Gasteiger partial charge in [0.1, 0.15) is 17.2 Å². The maximum atomic E-state index is 13.7. The first-order valence-corrected chi connectivity index (χ1v) is 7.68. The number of fused-ring (bicyclic) bond motifs is 1. The van der Waals surface area contributed by atoms with E-state index in [1.807, 2.05) is 0 Å². The molecule has 25 heavy (non-hydrogen) atoms. The van der Waals surface area contributed by atoms with Crippen molar-refractivity contribution in [1.82, 2.24) is 4.57 Å². The van der Waals surface area contributed by atoms with Crippen molar-refractivity contribution in [3.05, 3.63) is 58.1 Å². The third kappa shape index (κ3) is 2.93. The molecule has 0 saturated heterocycles. The molecule has 0 radical (unpaired) electrons. The van der Waals surface area contributed by atoms with Crippen LogP contribution in [0.5, 0.6) is 5.88 Å². The number of benzene rings is 2. The van der Waals surface area contributed by atoms with Crippen molar-refractivity contribution in [2.75, 3.05) is 5.32 Å². The molecule has 0 fully saturated rings. The average Bonchev–Trinajstić information content (AvgIpc) is 2.81. The lowest BCUT2D eigenvalue weighted by molar-refractivity contribution is 0.102. The lowest BCUT2D eigenvalue weighted by Crippen LogP contribution is -2.19. The number of carbonyl (C=O) groups excluding carboxylic acids is 2. The quantitative estimate of drug-likeness (QED) is 0.603. The van der Waals surface area contributed by atoms with Crippen molar-refractivity contribution in [2.45, 2.75) is 0 Å². The van der Waals surface area contributed by atoms with Gasteiger partial charge in [0.25, 0.3) is 5.91 Å². The average molecular weight is 410 g/mol. The molecule has 0 saturated carbocycles. The van der Waals surface area contributed by atoms with Crippen LogP contribution in [0.3, 0.4) is 0 Å². The third-order valence-corrected chi connectivity index (χ3v) is 4.03. The number of nitrogens with two attached hydrogens (primary N) is 1. The molecule has 0 aliphatic carbocycles. The van der Waals surface area contributed by atoms with Crippen LogP contribution in [0.15, 0.2) is 40.9 Å². The number of nitrogens with zero attached hydrogens (tertiary/aromatic N) is 1. The number of rotatable bonds is 2. The summed E-state index contributed by atoms with van der Waals surface area (Å²) in [5, 5.41) is 12.7. The minimum Gasteiger partial charge on any atom is -0.494 e. The van der Waals surface area contributed by atoms with Crippen molar-refractivity contribution in [3.63, 3.8) is 0 Å². The number of aromatic hydroxyl groups is 1. The van der Waals surface area contributed by atoms with E-state index in [1.54, 1.807) is 6.07 Å². The van der Waals surface area contributed by atoms with Gasteiger partial charge in [0.15, 0.2) is 0 Å². The van der Waals surface area contributed by atoms with Gasteiger partial charge in [-0.2, -0.15) is 0 Å². The summed E-state index contributed by atoms with van der Waals surface area (Å²) in [7, 11) is 0.